The van der Waals surface area contributed by atoms with Crippen LogP contribution in [-0.4, -0.2) is 39.5 Å². The first-order chi connectivity index (χ1) is 16.6. The lowest BCUT2D eigenvalue weighted by Gasteiger charge is -2.46. The van der Waals surface area contributed by atoms with Gasteiger partial charge in [-0.1, -0.05) is 24.3 Å². The molecule has 2 atom stereocenters. The molecule has 0 spiro atoms. The van der Waals surface area contributed by atoms with Crippen molar-refractivity contribution in [3.8, 4) is 5.75 Å². The topological polar surface area (TPSA) is 65.8 Å². The number of rotatable bonds is 2. The van der Waals surface area contributed by atoms with Crippen LogP contribution in [0.2, 0.25) is 0 Å². The number of nitrogens with zero attached hydrogens (tertiary/aromatic N) is 3. The number of halogens is 4. The Labute approximate surface area is 201 Å². The summed E-state index contributed by atoms with van der Waals surface area (Å²) in [5, 5.41) is 12.0. The first kappa shape index (κ1) is 23.3. The van der Waals surface area contributed by atoms with Crippen molar-refractivity contribution in [2.24, 2.45) is 0 Å². The highest BCUT2D eigenvalue weighted by Gasteiger charge is 2.47. The normalized spacial score (nSPS) is 18.4. The van der Waals surface area contributed by atoms with E-state index < -0.39 is 53.5 Å². The Morgan fingerprint density at radius 1 is 1.09 bits per heavy atom. The highest BCUT2D eigenvalue weighted by molar-refractivity contribution is 7.98. The van der Waals surface area contributed by atoms with Crippen LogP contribution in [0.1, 0.15) is 40.1 Å². The Kier molecular flexibility index (Phi) is 5.54. The van der Waals surface area contributed by atoms with Gasteiger partial charge in [-0.15, -0.1) is 11.8 Å². The zero-order valence-electron chi connectivity index (χ0n) is 18.3. The maximum absolute atomic E-state index is 14.1. The number of hydrogen-bond donors (Lipinski definition) is 1. The quantitative estimate of drug-likeness (QED) is 0.524. The standard InChI is InChI=1S/C24H19F4N3O3S/c1-13(24(26,27)28)29-12-31(30-9-8-18(32)22(33)21(30)23(29)34)20-16-7-6-15(25)10-14(16)11-35-19-5-3-2-4-17(19)20/h2-10,13,20,33H,11-12H2,1H3/t13-,20-/m0/s1. The van der Waals surface area contributed by atoms with Gasteiger partial charge in [-0.3, -0.25) is 19.3 Å². The second-order valence-electron chi connectivity index (χ2n) is 8.37. The van der Waals surface area contributed by atoms with Gasteiger partial charge in [0.25, 0.3) is 5.91 Å². The minimum atomic E-state index is -4.74. The maximum atomic E-state index is 14.1. The smallest absolute Gasteiger partial charge is 0.408 e. The van der Waals surface area contributed by atoms with E-state index in [0.717, 1.165) is 23.4 Å². The van der Waals surface area contributed by atoms with Gasteiger partial charge in [-0.25, -0.2) is 4.39 Å². The van der Waals surface area contributed by atoms with Crippen molar-refractivity contribution in [3.05, 3.63) is 93.2 Å². The number of fused-ring (bicyclic) bond motifs is 3. The molecule has 6 nitrogen and oxygen atoms in total. The molecule has 5 rings (SSSR count). The summed E-state index contributed by atoms with van der Waals surface area (Å²) in [4.78, 5) is 26.7. The van der Waals surface area contributed by atoms with Crippen LogP contribution in [0.25, 0.3) is 0 Å². The van der Waals surface area contributed by atoms with E-state index in [4.69, 9.17) is 0 Å². The van der Waals surface area contributed by atoms with Crippen LogP contribution in [0, 0.1) is 5.82 Å². The molecule has 35 heavy (non-hydrogen) atoms. The number of amides is 1. The molecule has 2 aliphatic heterocycles. The van der Waals surface area contributed by atoms with Gasteiger partial charge in [0, 0.05) is 22.9 Å². The van der Waals surface area contributed by atoms with Crippen molar-refractivity contribution in [2.45, 2.75) is 35.8 Å². The summed E-state index contributed by atoms with van der Waals surface area (Å²) in [5.41, 5.74) is 0.585. The summed E-state index contributed by atoms with van der Waals surface area (Å²) < 4.78 is 56.6. The van der Waals surface area contributed by atoms with E-state index in [2.05, 4.69) is 0 Å². The van der Waals surface area contributed by atoms with Crippen LogP contribution in [-0.2, 0) is 5.75 Å². The Balaban J connectivity index is 1.78. The number of aromatic hydroxyl groups is 1. The van der Waals surface area contributed by atoms with E-state index in [9.17, 15) is 32.3 Å². The molecule has 1 aromatic heterocycles. The lowest BCUT2D eigenvalue weighted by atomic mass is 9.94. The first-order valence-corrected chi connectivity index (χ1v) is 11.7. The Bertz CT molecular complexity index is 1390. The van der Waals surface area contributed by atoms with Crippen molar-refractivity contribution in [1.29, 1.82) is 0 Å². The second-order valence-corrected chi connectivity index (χ2v) is 9.38. The van der Waals surface area contributed by atoms with Crippen molar-refractivity contribution >= 4 is 17.7 Å². The van der Waals surface area contributed by atoms with Crippen LogP contribution in [0.3, 0.4) is 0 Å². The minimum absolute atomic E-state index is 0.429. The molecule has 1 N–H and O–H groups in total. The summed E-state index contributed by atoms with van der Waals surface area (Å²) in [5.74, 6) is -2.07. The van der Waals surface area contributed by atoms with Crippen molar-refractivity contribution in [3.63, 3.8) is 0 Å². The molecule has 0 saturated heterocycles. The highest BCUT2D eigenvalue weighted by atomic mass is 32.2. The average molecular weight is 505 g/mol. The third-order valence-electron chi connectivity index (χ3n) is 6.33. The monoisotopic (exact) mass is 505 g/mol. The summed E-state index contributed by atoms with van der Waals surface area (Å²) in [7, 11) is 0. The SMILES string of the molecule is C[C@H](N1CN([C@H]2c3ccc(F)cc3CSc3ccccc32)n2ccc(=O)c(O)c2C1=O)C(F)(F)F. The highest BCUT2D eigenvalue weighted by Crippen LogP contribution is 2.43. The number of carbonyl (C=O) groups is 1. The number of aromatic nitrogens is 1. The lowest BCUT2D eigenvalue weighted by molar-refractivity contribution is -0.173. The van der Waals surface area contributed by atoms with E-state index >= 15 is 0 Å². The van der Waals surface area contributed by atoms with Crippen LogP contribution >= 0.6 is 11.8 Å². The average Bonchev–Trinajstić information content (AvgIpc) is 2.97. The van der Waals surface area contributed by atoms with E-state index in [0.29, 0.717) is 21.8 Å². The fraction of sp³-hybridized carbons (Fsp3) is 0.250. The molecule has 0 aliphatic carbocycles. The summed E-state index contributed by atoms with van der Waals surface area (Å²) in [6.07, 6.45) is -3.48. The molecule has 11 heteroatoms. The van der Waals surface area contributed by atoms with Gasteiger partial charge in [0.05, 0.1) is 6.04 Å². The maximum Gasteiger partial charge on any atom is 0.408 e. The van der Waals surface area contributed by atoms with E-state index in [1.54, 1.807) is 12.1 Å². The summed E-state index contributed by atoms with van der Waals surface area (Å²) in [6, 6.07) is 9.65. The number of alkyl halides is 3. The fourth-order valence-corrected chi connectivity index (χ4v) is 5.57. The largest absolute Gasteiger partial charge is 0.502 e. The molecule has 0 radical (unpaired) electrons. The number of hydrogen-bond acceptors (Lipinski definition) is 5. The molecule has 0 bridgehead atoms. The summed E-state index contributed by atoms with van der Waals surface area (Å²) in [6.45, 7) is 0.360. The van der Waals surface area contributed by atoms with Crippen molar-refractivity contribution < 1.29 is 27.5 Å². The van der Waals surface area contributed by atoms with E-state index in [-0.39, 0.29) is 0 Å². The van der Waals surface area contributed by atoms with Gasteiger partial charge in [0.2, 0.25) is 5.43 Å². The second kappa shape index (κ2) is 8.33. The molecule has 3 heterocycles. The van der Waals surface area contributed by atoms with Gasteiger partial charge >= 0.3 is 6.18 Å². The van der Waals surface area contributed by atoms with Crippen LogP contribution in [0.5, 0.6) is 5.75 Å². The number of carbonyl (C=O) groups excluding carboxylic acids is 1. The Morgan fingerprint density at radius 3 is 2.57 bits per heavy atom. The lowest BCUT2D eigenvalue weighted by Crippen LogP contribution is -2.60. The Hall–Kier alpha value is -3.47. The number of thioether (sulfide) groups is 1. The zero-order valence-corrected chi connectivity index (χ0v) is 19.1. The predicted molar refractivity (Wildman–Crippen MR) is 121 cm³/mol. The summed E-state index contributed by atoms with van der Waals surface area (Å²) >= 11 is 1.46. The number of benzene rings is 2. The molecule has 0 unspecified atom stereocenters. The molecule has 2 aliphatic rings. The molecular formula is C24H19F4N3O3S. The third kappa shape index (κ3) is 3.83. The zero-order chi connectivity index (χ0) is 25.1. The van der Waals surface area contributed by atoms with E-state index in [1.807, 2.05) is 18.2 Å². The van der Waals surface area contributed by atoms with Gasteiger partial charge < -0.3 is 10.0 Å². The van der Waals surface area contributed by atoms with Crippen LogP contribution in [0.4, 0.5) is 17.6 Å². The van der Waals surface area contributed by atoms with Gasteiger partial charge in [0.1, 0.15) is 18.5 Å². The molecule has 1 amide bonds. The molecular weight excluding hydrogens is 486 g/mol. The third-order valence-corrected chi connectivity index (χ3v) is 7.47. The number of pyridine rings is 1. The van der Waals surface area contributed by atoms with E-state index in [1.165, 1.54) is 39.8 Å². The van der Waals surface area contributed by atoms with Gasteiger partial charge in [-0.05, 0) is 41.8 Å². The molecule has 0 fully saturated rings. The minimum Gasteiger partial charge on any atom is -0.502 e. The molecule has 2 aromatic carbocycles. The van der Waals surface area contributed by atoms with Gasteiger partial charge in [-0.2, -0.15) is 13.2 Å². The van der Waals surface area contributed by atoms with Crippen LogP contribution in [0.15, 0.2) is 64.4 Å². The molecule has 0 saturated carbocycles. The van der Waals surface area contributed by atoms with Crippen molar-refractivity contribution in [2.75, 3.05) is 11.7 Å². The molecule has 3 aromatic rings. The van der Waals surface area contributed by atoms with Crippen LogP contribution < -0.4 is 10.4 Å². The fourth-order valence-electron chi connectivity index (χ4n) is 4.48. The first-order valence-electron chi connectivity index (χ1n) is 10.7. The molecule has 182 valence electrons. The van der Waals surface area contributed by atoms with Crippen molar-refractivity contribution in [1.82, 2.24) is 9.58 Å². The predicted octanol–water partition coefficient (Wildman–Crippen LogP) is 4.39. The van der Waals surface area contributed by atoms with Gasteiger partial charge in [0.15, 0.2) is 11.4 Å². The Morgan fingerprint density at radius 2 is 1.83 bits per heavy atom.